The molecular formula is C69H49IrN4. The molecule has 5 heteroatoms. The largest absolute Gasteiger partial charge is 3.00 e. The molecule has 0 saturated carbocycles. The van der Waals surface area contributed by atoms with E-state index in [4.69, 9.17) is 4.98 Å². The predicted octanol–water partition coefficient (Wildman–Crippen LogP) is 16.5. The molecule has 0 fully saturated rings. The van der Waals surface area contributed by atoms with Crippen LogP contribution in [0, 0.1) is 18.2 Å². The number of para-hydroxylation sites is 1. The van der Waals surface area contributed by atoms with Crippen LogP contribution in [0.25, 0.3) is 94.7 Å². The molecule has 9 aromatic carbocycles. The fourth-order valence-electron chi connectivity index (χ4n) is 9.91. The molecule has 0 amide bonds. The van der Waals surface area contributed by atoms with Crippen LogP contribution >= 0.6 is 0 Å². The van der Waals surface area contributed by atoms with E-state index in [1.807, 2.05) is 47.5 Å². The Hall–Kier alpha value is -8.60. The Morgan fingerprint density at radius 1 is 0.351 bits per heavy atom. The molecule has 3 aromatic heterocycles. The smallest absolute Gasteiger partial charge is 0.305 e. The van der Waals surface area contributed by atoms with Crippen LogP contribution in [0.1, 0.15) is 22.3 Å². The third-order valence-electron chi connectivity index (χ3n) is 13.8. The molecule has 0 N–H and O–H groups in total. The van der Waals surface area contributed by atoms with E-state index in [0.29, 0.717) is 0 Å². The first kappa shape index (κ1) is 47.7. The summed E-state index contributed by atoms with van der Waals surface area (Å²) in [5.74, 6) is 0. The summed E-state index contributed by atoms with van der Waals surface area (Å²) in [7, 11) is 0. The van der Waals surface area contributed by atoms with Crippen molar-refractivity contribution in [3.63, 3.8) is 0 Å². The Kier molecular flexibility index (Phi) is 14.2. The molecule has 354 valence electrons. The van der Waals surface area contributed by atoms with E-state index in [9.17, 15) is 0 Å². The first-order valence-corrected chi connectivity index (χ1v) is 25.0. The minimum absolute atomic E-state index is 0. The van der Waals surface area contributed by atoms with Crippen LogP contribution in [0.2, 0.25) is 0 Å². The predicted molar refractivity (Wildman–Crippen MR) is 299 cm³/mol. The van der Waals surface area contributed by atoms with Crippen molar-refractivity contribution in [2.75, 3.05) is 0 Å². The Labute approximate surface area is 447 Å². The van der Waals surface area contributed by atoms with Gasteiger partial charge in [-0.3, -0.25) is 4.68 Å². The van der Waals surface area contributed by atoms with E-state index < -0.39 is 0 Å². The van der Waals surface area contributed by atoms with Gasteiger partial charge in [-0.2, -0.15) is 28.9 Å². The molecule has 4 nitrogen and oxygen atoms in total. The molecule has 0 bridgehead atoms. The van der Waals surface area contributed by atoms with E-state index in [2.05, 4.69) is 235 Å². The number of benzene rings is 9. The minimum atomic E-state index is 0. The monoisotopic (exact) mass is 1130 g/mol. The third kappa shape index (κ3) is 10.5. The van der Waals surface area contributed by atoms with Crippen molar-refractivity contribution >= 4 is 10.9 Å². The number of nitrogens with zero attached hydrogens (tertiary/aromatic N) is 4. The van der Waals surface area contributed by atoms with Crippen LogP contribution in [0.3, 0.4) is 0 Å². The second kappa shape index (κ2) is 22.0. The normalized spacial score (nSPS) is 11.1. The van der Waals surface area contributed by atoms with Crippen LogP contribution < -0.4 is 0 Å². The average molecular weight is 1130 g/mol. The Morgan fingerprint density at radius 3 is 1.66 bits per heavy atom. The van der Waals surface area contributed by atoms with Crippen molar-refractivity contribution in [1.29, 1.82) is 0 Å². The quantitative estimate of drug-likeness (QED) is 0.102. The number of fused-ring (bicyclic) bond motifs is 1. The molecule has 0 radical (unpaired) electrons. The van der Waals surface area contributed by atoms with Crippen LogP contribution in [-0.2, 0) is 45.8 Å². The zero-order chi connectivity index (χ0) is 48.8. The molecule has 0 spiro atoms. The van der Waals surface area contributed by atoms with Crippen LogP contribution in [0.5, 0.6) is 0 Å². The number of pyridine rings is 2. The number of rotatable bonds is 14. The van der Waals surface area contributed by atoms with Crippen molar-refractivity contribution in [1.82, 2.24) is 19.7 Å². The molecule has 0 saturated heterocycles. The van der Waals surface area contributed by atoms with Gasteiger partial charge in [0.2, 0.25) is 0 Å². The first-order chi connectivity index (χ1) is 36.1. The van der Waals surface area contributed by atoms with E-state index >= 15 is 0 Å². The van der Waals surface area contributed by atoms with E-state index in [1.165, 1.54) is 44.5 Å². The maximum absolute atomic E-state index is 4.89. The van der Waals surface area contributed by atoms with Crippen molar-refractivity contribution in [2.24, 2.45) is 0 Å². The molecule has 74 heavy (non-hydrogen) atoms. The van der Waals surface area contributed by atoms with Gasteiger partial charge in [-0.1, -0.05) is 193 Å². The fraction of sp³-hybridized carbons (Fsp3) is 0.0580. The first-order valence-electron chi connectivity index (χ1n) is 25.0. The van der Waals surface area contributed by atoms with Crippen LogP contribution in [0.15, 0.2) is 249 Å². The number of aryl methyl sites for hydroxylation is 4. The molecular weight excluding hydrogens is 1080 g/mol. The second-order valence-corrected chi connectivity index (χ2v) is 18.5. The summed E-state index contributed by atoms with van der Waals surface area (Å²) in [6.45, 7) is 0. The summed E-state index contributed by atoms with van der Waals surface area (Å²) in [5, 5.41) is 5.78. The molecule has 12 aromatic rings. The maximum atomic E-state index is 4.89. The van der Waals surface area contributed by atoms with E-state index in [-0.39, 0.29) is 20.1 Å². The van der Waals surface area contributed by atoms with Gasteiger partial charge in [0.15, 0.2) is 0 Å². The number of hydrogen-bond acceptors (Lipinski definition) is 3. The topological polar surface area (TPSA) is 43.6 Å². The zero-order valence-electron chi connectivity index (χ0n) is 40.6. The van der Waals surface area contributed by atoms with Crippen molar-refractivity contribution in [3.05, 3.63) is 290 Å². The molecule has 0 unspecified atom stereocenters. The number of aromatic nitrogens is 4. The fourth-order valence-corrected chi connectivity index (χ4v) is 9.91. The van der Waals surface area contributed by atoms with Gasteiger partial charge in [0.05, 0.1) is 11.7 Å². The van der Waals surface area contributed by atoms with Crippen molar-refractivity contribution in [2.45, 2.75) is 25.7 Å². The molecule has 3 heterocycles. The molecule has 0 atom stereocenters. The molecule has 12 rings (SSSR count). The van der Waals surface area contributed by atoms with Gasteiger partial charge in [-0.15, -0.1) is 65.2 Å². The summed E-state index contributed by atoms with van der Waals surface area (Å²) in [6.07, 6.45) is 9.18. The molecule has 0 aliphatic rings. The summed E-state index contributed by atoms with van der Waals surface area (Å²) in [6, 6.07) is 92.8. The van der Waals surface area contributed by atoms with Crippen LogP contribution in [0.4, 0.5) is 0 Å². The Balaban J connectivity index is 0.00000588. The van der Waals surface area contributed by atoms with Gasteiger partial charge in [0, 0.05) is 17.8 Å². The van der Waals surface area contributed by atoms with Gasteiger partial charge in [-0.05, 0) is 98.2 Å². The van der Waals surface area contributed by atoms with Crippen molar-refractivity contribution in [3.8, 4) is 83.8 Å². The Morgan fingerprint density at radius 2 is 0.959 bits per heavy atom. The number of hydrogen-bond donors (Lipinski definition) is 0. The van der Waals surface area contributed by atoms with Crippen molar-refractivity contribution < 1.29 is 20.1 Å². The second-order valence-electron chi connectivity index (χ2n) is 18.5. The van der Waals surface area contributed by atoms with E-state index in [0.717, 1.165) is 98.2 Å². The average Bonchev–Trinajstić information content (AvgIpc) is 3.91. The summed E-state index contributed by atoms with van der Waals surface area (Å²) in [5.41, 5.74) is 22.4. The summed E-state index contributed by atoms with van der Waals surface area (Å²) >= 11 is 0. The zero-order valence-corrected chi connectivity index (χ0v) is 43.0. The van der Waals surface area contributed by atoms with Gasteiger partial charge in [-0.25, -0.2) is 0 Å². The van der Waals surface area contributed by atoms with Crippen LogP contribution in [-0.4, -0.2) is 19.7 Å². The van der Waals surface area contributed by atoms with Gasteiger partial charge < -0.3 is 9.97 Å². The molecule has 0 aliphatic heterocycles. The summed E-state index contributed by atoms with van der Waals surface area (Å²) in [4.78, 5) is 9.43. The third-order valence-corrected chi connectivity index (χ3v) is 13.8. The standard InChI is InChI=1S/C69H49N4.Ir/c1-3-13-53(14-4-1)55-32-34-56(35-33-55)66-46-59(68-47-58(40-42-71-68)54-15-5-2-6-16-54)36-39-65(66)64-19-9-8-18-63(64)61-44-51(24-22-49-26-30-57(31-27-49)67-20-11-12-41-70-67)43-52(45-61)25-23-50-28-37-62(38-29-50)73-69-21-10-7-17-60(69)48-72-73;/h1-21,26-30,32-35,37,39-48H,22-25H2;/q-3;+3. The van der Waals surface area contributed by atoms with Gasteiger partial charge in [0.25, 0.3) is 0 Å². The SMILES string of the molecule is [Ir+3].[c-]1cc(CCc2cc(CCc3c[c-]c(-n4ncc5ccccc54)cc3)cc(-c3ccccc3-c3c[c-]c(-c4cc(-c5ccccc5)ccn4)cc3-c3ccc(-c4ccccc4)cc3)c2)ccc1-c1ccccn1. The van der Waals surface area contributed by atoms with E-state index in [1.54, 1.807) is 0 Å². The van der Waals surface area contributed by atoms with Gasteiger partial charge in [0.1, 0.15) is 0 Å². The minimum Gasteiger partial charge on any atom is -0.305 e. The van der Waals surface area contributed by atoms with Gasteiger partial charge >= 0.3 is 20.1 Å². The summed E-state index contributed by atoms with van der Waals surface area (Å²) < 4.78 is 1.97. The Bertz CT molecular complexity index is 3810. The maximum Gasteiger partial charge on any atom is 3.00 e. The molecule has 0 aliphatic carbocycles.